The van der Waals surface area contributed by atoms with E-state index in [1.807, 2.05) is 19.9 Å². The molecule has 0 saturated heterocycles. The first-order chi connectivity index (χ1) is 9.08. The number of hydrogen-bond acceptors (Lipinski definition) is 4. The maximum Gasteiger partial charge on any atom is 0.269 e. The first-order valence-electron chi connectivity index (χ1n) is 6.67. The third-order valence-corrected chi connectivity index (χ3v) is 2.99. The van der Waals surface area contributed by atoms with Crippen LogP contribution in [0, 0.1) is 10.1 Å². The molecule has 0 saturated carbocycles. The second kappa shape index (κ2) is 7.86. The number of nitro benzene ring substituents is 1. The summed E-state index contributed by atoms with van der Waals surface area (Å²) in [5, 5.41) is 14.2. The Hall–Kier alpha value is -1.46. The number of ether oxygens (including phenoxy) is 1. The molecule has 5 heteroatoms. The van der Waals surface area contributed by atoms with Crippen LogP contribution in [0.5, 0.6) is 0 Å². The fraction of sp³-hybridized carbons (Fsp3) is 0.571. The molecule has 0 aliphatic carbocycles. The van der Waals surface area contributed by atoms with Gasteiger partial charge in [0, 0.05) is 31.3 Å². The fourth-order valence-corrected chi connectivity index (χ4v) is 2.00. The van der Waals surface area contributed by atoms with Crippen molar-refractivity contribution in [2.24, 2.45) is 0 Å². The Morgan fingerprint density at radius 2 is 2.16 bits per heavy atom. The van der Waals surface area contributed by atoms with E-state index in [9.17, 15) is 10.1 Å². The summed E-state index contributed by atoms with van der Waals surface area (Å²) in [7, 11) is 0. The number of nitro groups is 1. The van der Waals surface area contributed by atoms with Gasteiger partial charge in [-0.25, -0.2) is 0 Å². The van der Waals surface area contributed by atoms with Gasteiger partial charge in [-0.2, -0.15) is 0 Å². The predicted molar refractivity (Wildman–Crippen MR) is 75.2 cm³/mol. The first kappa shape index (κ1) is 15.6. The van der Waals surface area contributed by atoms with Gasteiger partial charge in [-0.3, -0.25) is 10.1 Å². The van der Waals surface area contributed by atoms with E-state index in [1.165, 1.54) is 6.07 Å². The maximum atomic E-state index is 10.8. The molecule has 106 valence electrons. The monoisotopic (exact) mass is 266 g/mol. The van der Waals surface area contributed by atoms with Crippen LogP contribution in [0.3, 0.4) is 0 Å². The van der Waals surface area contributed by atoms with Crippen LogP contribution < -0.4 is 5.32 Å². The SMILES string of the molecule is CCOC(C)CNC(CC)c1cccc([N+](=O)[O-])c1. The fourth-order valence-electron chi connectivity index (χ4n) is 2.00. The zero-order chi connectivity index (χ0) is 14.3. The molecule has 0 spiro atoms. The predicted octanol–water partition coefficient (Wildman–Crippen LogP) is 3.06. The quantitative estimate of drug-likeness (QED) is 0.580. The molecule has 0 aliphatic rings. The van der Waals surface area contributed by atoms with E-state index < -0.39 is 0 Å². The minimum absolute atomic E-state index is 0.114. The number of benzene rings is 1. The molecule has 0 bridgehead atoms. The van der Waals surface area contributed by atoms with Crippen LogP contribution in [0.15, 0.2) is 24.3 Å². The summed E-state index contributed by atoms with van der Waals surface area (Å²) in [5.74, 6) is 0. The van der Waals surface area contributed by atoms with Crippen molar-refractivity contribution < 1.29 is 9.66 Å². The minimum Gasteiger partial charge on any atom is -0.377 e. The average Bonchev–Trinajstić information content (AvgIpc) is 2.40. The Bertz CT molecular complexity index is 409. The Morgan fingerprint density at radius 1 is 1.42 bits per heavy atom. The van der Waals surface area contributed by atoms with Crippen molar-refractivity contribution in [1.82, 2.24) is 5.32 Å². The molecule has 0 radical (unpaired) electrons. The second-order valence-corrected chi connectivity index (χ2v) is 4.49. The highest BCUT2D eigenvalue weighted by Gasteiger charge is 2.14. The van der Waals surface area contributed by atoms with E-state index in [0.717, 1.165) is 18.5 Å². The van der Waals surface area contributed by atoms with E-state index in [1.54, 1.807) is 12.1 Å². The van der Waals surface area contributed by atoms with Gasteiger partial charge in [0.15, 0.2) is 0 Å². The molecule has 0 amide bonds. The van der Waals surface area contributed by atoms with Gasteiger partial charge in [-0.05, 0) is 25.8 Å². The molecule has 5 nitrogen and oxygen atoms in total. The van der Waals surface area contributed by atoms with Crippen LogP contribution in [-0.4, -0.2) is 24.2 Å². The summed E-state index contributed by atoms with van der Waals surface area (Å²) < 4.78 is 5.46. The lowest BCUT2D eigenvalue weighted by Crippen LogP contribution is -2.30. The Morgan fingerprint density at radius 3 is 2.74 bits per heavy atom. The lowest BCUT2D eigenvalue weighted by molar-refractivity contribution is -0.384. The summed E-state index contributed by atoms with van der Waals surface area (Å²) in [6, 6.07) is 6.90. The van der Waals surface area contributed by atoms with Crippen molar-refractivity contribution in [2.45, 2.75) is 39.3 Å². The van der Waals surface area contributed by atoms with Crippen molar-refractivity contribution in [3.8, 4) is 0 Å². The Balaban J connectivity index is 2.68. The highest BCUT2D eigenvalue weighted by Crippen LogP contribution is 2.21. The Kier molecular flexibility index (Phi) is 6.45. The standard InChI is InChI=1S/C14H22N2O3/c1-4-14(15-10-11(3)19-5-2)12-7-6-8-13(9-12)16(17)18/h6-9,11,14-15H,4-5,10H2,1-3H3. The normalized spacial score (nSPS) is 14.1. The Labute approximate surface area is 114 Å². The van der Waals surface area contributed by atoms with Crippen molar-refractivity contribution in [3.63, 3.8) is 0 Å². The summed E-state index contributed by atoms with van der Waals surface area (Å²) in [6.45, 7) is 7.46. The summed E-state index contributed by atoms with van der Waals surface area (Å²) in [4.78, 5) is 10.4. The molecule has 0 aliphatic heterocycles. The van der Waals surface area contributed by atoms with Crippen molar-refractivity contribution >= 4 is 5.69 Å². The molecular formula is C14H22N2O3. The van der Waals surface area contributed by atoms with Crippen LogP contribution in [0.1, 0.15) is 38.8 Å². The van der Waals surface area contributed by atoms with Crippen LogP contribution in [-0.2, 0) is 4.74 Å². The van der Waals surface area contributed by atoms with E-state index >= 15 is 0 Å². The number of rotatable bonds is 8. The average molecular weight is 266 g/mol. The summed E-state index contributed by atoms with van der Waals surface area (Å²) in [6.07, 6.45) is 1.01. The highest BCUT2D eigenvalue weighted by atomic mass is 16.6. The van der Waals surface area contributed by atoms with E-state index in [4.69, 9.17) is 4.74 Å². The van der Waals surface area contributed by atoms with Gasteiger partial charge < -0.3 is 10.1 Å². The van der Waals surface area contributed by atoms with Gasteiger partial charge in [0.2, 0.25) is 0 Å². The van der Waals surface area contributed by atoms with E-state index in [-0.39, 0.29) is 22.8 Å². The molecule has 2 atom stereocenters. The van der Waals surface area contributed by atoms with Crippen molar-refractivity contribution in [3.05, 3.63) is 39.9 Å². The van der Waals surface area contributed by atoms with Gasteiger partial charge in [0.25, 0.3) is 5.69 Å². The lowest BCUT2D eigenvalue weighted by Gasteiger charge is -2.20. The van der Waals surface area contributed by atoms with Crippen molar-refractivity contribution in [2.75, 3.05) is 13.2 Å². The first-order valence-corrected chi connectivity index (χ1v) is 6.67. The number of nitrogens with one attached hydrogen (secondary N) is 1. The summed E-state index contributed by atoms with van der Waals surface area (Å²) in [5.41, 5.74) is 1.08. The molecule has 2 unspecified atom stereocenters. The lowest BCUT2D eigenvalue weighted by atomic mass is 10.0. The number of hydrogen-bond donors (Lipinski definition) is 1. The number of nitrogens with zero attached hydrogens (tertiary/aromatic N) is 1. The highest BCUT2D eigenvalue weighted by molar-refractivity contribution is 5.35. The minimum atomic E-state index is -0.362. The summed E-state index contributed by atoms with van der Waals surface area (Å²) >= 11 is 0. The van der Waals surface area contributed by atoms with Gasteiger partial charge in [-0.1, -0.05) is 19.1 Å². The zero-order valence-electron chi connectivity index (χ0n) is 11.8. The number of non-ortho nitro benzene ring substituents is 1. The second-order valence-electron chi connectivity index (χ2n) is 4.49. The molecule has 1 N–H and O–H groups in total. The smallest absolute Gasteiger partial charge is 0.269 e. The zero-order valence-corrected chi connectivity index (χ0v) is 11.8. The third-order valence-electron chi connectivity index (χ3n) is 2.99. The van der Waals surface area contributed by atoms with Gasteiger partial charge in [0.05, 0.1) is 11.0 Å². The van der Waals surface area contributed by atoms with E-state index in [0.29, 0.717) is 6.61 Å². The van der Waals surface area contributed by atoms with Crippen LogP contribution in [0.2, 0.25) is 0 Å². The van der Waals surface area contributed by atoms with Gasteiger partial charge in [0.1, 0.15) is 0 Å². The molecule has 1 aromatic carbocycles. The van der Waals surface area contributed by atoms with E-state index in [2.05, 4.69) is 12.2 Å². The van der Waals surface area contributed by atoms with Gasteiger partial charge in [-0.15, -0.1) is 0 Å². The van der Waals surface area contributed by atoms with Crippen LogP contribution in [0.25, 0.3) is 0 Å². The molecule has 19 heavy (non-hydrogen) atoms. The molecule has 0 fully saturated rings. The van der Waals surface area contributed by atoms with Crippen LogP contribution >= 0.6 is 0 Å². The largest absolute Gasteiger partial charge is 0.377 e. The molecular weight excluding hydrogens is 244 g/mol. The van der Waals surface area contributed by atoms with Crippen LogP contribution in [0.4, 0.5) is 5.69 Å². The van der Waals surface area contributed by atoms with Gasteiger partial charge >= 0.3 is 0 Å². The third kappa shape index (κ3) is 4.96. The van der Waals surface area contributed by atoms with Crippen molar-refractivity contribution in [1.29, 1.82) is 0 Å². The maximum absolute atomic E-state index is 10.8. The molecule has 0 heterocycles. The topological polar surface area (TPSA) is 64.4 Å². The molecule has 1 rings (SSSR count). The molecule has 0 aromatic heterocycles. The molecule has 1 aromatic rings.